The molecule has 0 saturated carbocycles. The van der Waals surface area contributed by atoms with Gasteiger partial charge in [-0.2, -0.15) is 26.3 Å². The van der Waals surface area contributed by atoms with Crippen molar-refractivity contribution in [3.8, 4) is 0 Å². The van der Waals surface area contributed by atoms with Gasteiger partial charge in [-0.05, 0) is 12.1 Å². The summed E-state index contributed by atoms with van der Waals surface area (Å²) < 4.78 is 98.1. The van der Waals surface area contributed by atoms with E-state index in [1.165, 1.54) is 0 Å². The molecule has 4 nitrogen and oxygen atoms in total. The first-order valence-electron chi connectivity index (χ1n) is 4.59. The van der Waals surface area contributed by atoms with Gasteiger partial charge >= 0.3 is 12.4 Å². The molecule has 1 aromatic rings. The molecule has 0 fully saturated rings. The van der Waals surface area contributed by atoms with Gasteiger partial charge in [0.15, 0.2) is 6.29 Å². The Morgan fingerprint density at radius 3 is 1.80 bits per heavy atom. The van der Waals surface area contributed by atoms with Crippen molar-refractivity contribution in [1.29, 1.82) is 0 Å². The number of halogens is 6. The molecular weight excluding hydrogens is 316 g/mol. The third-order valence-corrected chi connectivity index (χ3v) is 3.20. The fourth-order valence-corrected chi connectivity index (χ4v) is 2.47. The molecule has 0 heterocycles. The number of carbonyl (C=O) groups excluding carboxylic acids is 1. The number of hydrogen-bond donors (Lipinski definition) is 1. The van der Waals surface area contributed by atoms with Crippen LogP contribution in [-0.4, -0.2) is 14.7 Å². The van der Waals surface area contributed by atoms with E-state index in [9.17, 15) is 39.6 Å². The van der Waals surface area contributed by atoms with Crippen LogP contribution in [0.15, 0.2) is 17.0 Å². The lowest BCUT2D eigenvalue weighted by molar-refractivity contribution is -0.163. The molecule has 0 saturated heterocycles. The lowest BCUT2D eigenvalue weighted by atomic mass is 10.0. The van der Waals surface area contributed by atoms with Gasteiger partial charge in [-0.1, -0.05) is 0 Å². The molecule has 2 N–H and O–H groups in total. The normalized spacial score (nSPS) is 13.3. The number of aldehydes is 1. The van der Waals surface area contributed by atoms with Crippen LogP contribution in [0.3, 0.4) is 0 Å². The number of carbonyl (C=O) groups is 1. The van der Waals surface area contributed by atoms with E-state index >= 15 is 0 Å². The smallest absolute Gasteiger partial charge is 0.298 e. The van der Waals surface area contributed by atoms with Crippen LogP contribution in [0.1, 0.15) is 21.5 Å². The molecule has 0 spiro atoms. The van der Waals surface area contributed by atoms with E-state index in [-0.39, 0.29) is 12.4 Å². The van der Waals surface area contributed by atoms with Crippen molar-refractivity contribution in [2.45, 2.75) is 17.2 Å². The van der Waals surface area contributed by atoms with Crippen LogP contribution in [0.5, 0.6) is 0 Å². The molecular formula is C9H5F6NO3S. The Balaban J connectivity index is 4.02. The molecule has 20 heavy (non-hydrogen) atoms. The Morgan fingerprint density at radius 2 is 1.50 bits per heavy atom. The van der Waals surface area contributed by atoms with E-state index in [1.807, 2.05) is 0 Å². The zero-order valence-corrected chi connectivity index (χ0v) is 10.0. The highest BCUT2D eigenvalue weighted by atomic mass is 32.2. The standard InChI is InChI=1S/C9H5F6NO3S/c10-8(11,12)5-2-1-4(3-17)7(20(16,18)19)6(5)9(13,14)15/h1-3H,(H2,16,18,19). The third kappa shape index (κ3) is 3.10. The van der Waals surface area contributed by atoms with Gasteiger partial charge in [-0.3, -0.25) is 4.79 Å². The minimum atomic E-state index is -5.66. The lowest BCUT2D eigenvalue weighted by Gasteiger charge is -2.19. The van der Waals surface area contributed by atoms with Crippen molar-refractivity contribution >= 4 is 16.3 Å². The van der Waals surface area contributed by atoms with Crippen molar-refractivity contribution in [3.05, 3.63) is 28.8 Å². The summed E-state index contributed by atoms with van der Waals surface area (Å²) in [7, 11) is -5.19. The topological polar surface area (TPSA) is 77.2 Å². The molecule has 0 amide bonds. The molecule has 1 aromatic carbocycles. The summed E-state index contributed by atoms with van der Waals surface area (Å²) in [5, 5.41) is 4.49. The number of alkyl halides is 6. The molecule has 0 aliphatic carbocycles. The van der Waals surface area contributed by atoms with Gasteiger partial charge in [0.1, 0.15) is 4.90 Å². The average Bonchev–Trinajstić information content (AvgIpc) is 2.23. The molecule has 1 rings (SSSR count). The molecule has 112 valence electrons. The van der Waals surface area contributed by atoms with Gasteiger partial charge in [-0.25, -0.2) is 13.6 Å². The van der Waals surface area contributed by atoms with Crippen LogP contribution in [0.25, 0.3) is 0 Å². The number of hydrogen-bond acceptors (Lipinski definition) is 3. The van der Waals surface area contributed by atoms with E-state index in [0.29, 0.717) is 6.07 Å². The summed E-state index contributed by atoms with van der Waals surface area (Å²) in [6.07, 6.45) is -11.5. The van der Waals surface area contributed by atoms with Crippen LogP contribution in [0.4, 0.5) is 26.3 Å². The van der Waals surface area contributed by atoms with E-state index in [4.69, 9.17) is 0 Å². The van der Waals surface area contributed by atoms with E-state index < -0.39 is 44.0 Å². The second-order valence-electron chi connectivity index (χ2n) is 3.56. The summed E-state index contributed by atoms with van der Waals surface area (Å²) >= 11 is 0. The average molecular weight is 321 g/mol. The van der Waals surface area contributed by atoms with E-state index in [1.54, 1.807) is 0 Å². The van der Waals surface area contributed by atoms with Gasteiger partial charge < -0.3 is 0 Å². The summed E-state index contributed by atoms with van der Waals surface area (Å²) in [4.78, 5) is 8.65. The molecule has 0 bridgehead atoms. The van der Waals surface area contributed by atoms with Crippen LogP contribution < -0.4 is 5.14 Å². The predicted molar refractivity (Wildman–Crippen MR) is 53.2 cm³/mol. The van der Waals surface area contributed by atoms with Crippen LogP contribution >= 0.6 is 0 Å². The first-order chi connectivity index (χ1) is 8.80. The fraction of sp³-hybridized carbons (Fsp3) is 0.222. The number of primary sulfonamides is 1. The van der Waals surface area contributed by atoms with E-state index in [2.05, 4.69) is 5.14 Å². The molecule has 0 aliphatic heterocycles. The number of benzene rings is 1. The van der Waals surface area contributed by atoms with Crippen molar-refractivity contribution < 1.29 is 39.6 Å². The minimum Gasteiger partial charge on any atom is -0.298 e. The monoisotopic (exact) mass is 321 g/mol. The maximum atomic E-state index is 12.7. The molecule has 0 aliphatic rings. The second kappa shape index (κ2) is 4.74. The zero-order chi connectivity index (χ0) is 15.9. The highest BCUT2D eigenvalue weighted by Gasteiger charge is 2.47. The maximum absolute atomic E-state index is 12.7. The summed E-state index contributed by atoms with van der Waals surface area (Å²) in [5.41, 5.74) is -5.84. The van der Waals surface area contributed by atoms with Gasteiger partial charge in [0.2, 0.25) is 10.0 Å². The van der Waals surface area contributed by atoms with E-state index in [0.717, 1.165) is 0 Å². The fourth-order valence-electron chi connectivity index (χ4n) is 1.52. The highest BCUT2D eigenvalue weighted by Crippen LogP contribution is 2.43. The lowest BCUT2D eigenvalue weighted by Crippen LogP contribution is -2.25. The Bertz CT molecular complexity index is 647. The van der Waals surface area contributed by atoms with Crippen LogP contribution in [-0.2, 0) is 22.4 Å². The largest absolute Gasteiger partial charge is 0.418 e. The van der Waals surface area contributed by atoms with Gasteiger partial charge in [0, 0.05) is 5.56 Å². The maximum Gasteiger partial charge on any atom is 0.418 e. The predicted octanol–water partition coefficient (Wildman–Crippen LogP) is 2.18. The minimum absolute atomic E-state index is 0.0266. The Hall–Kier alpha value is -1.62. The first-order valence-corrected chi connectivity index (χ1v) is 6.14. The first kappa shape index (κ1) is 16.4. The van der Waals surface area contributed by atoms with Gasteiger partial charge in [0.25, 0.3) is 0 Å². The number of nitrogens with two attached hydrogens (primary N) is 1. The van der Waals surface area contributed by atoms with Gasteiger partial charge in [-0.15, -0.1) is 0 Å². The Labute approximate surface area is 108 Å². The second-order valence-corrected chi connectivity index (χ2v) is 5.06. The molecule has 0 radical (unpaired) electrons. The molecule has 0 atom stereocenters. The number of sulfonamides is 1. The zero-order valence-electron chi connectivity index (χ0n) is 9.21. The van der Waals surface area contributed by atoms with Crippen LogP contribution in [0, 0.1) is 0 Å². The van der Waals surface area contributed by atoms with Crippen molar-refractivity contribution in [2.75, 3.05) is 0 Å². The highest BCUT2D eigenvalue weighted by molar-refractivity contribution is 7.89. The molecule has 0 unspecified atom stereocenters. The summed E-state index contributed by atoms with van der Waals surface area (Å²) in [5.74, 6) is 0. The molecule has 0 aromatic heterocycles. The number of rotatable bonds is 2. The van der Waals surface area contributed by atoms with Crippen LogP contribution in [0.2, 0.25) is 0 Å². The quantitative estimate of drug-likeness (QED) is 0.670. The Kier molecular flexibility index (Phi) is 3.89. The van der Waals surface area contributed by atoms with Gasteiger partial charge in [0.05, 0.1) is 11.1 Å². The van der Waals surface area contributed by atoms with Crippen molar-refractivity contribution in [1.82, 2.24) is 0 Å². The Morgan fingerprint density at radius 1 is 1.00 bits per heavy atom. The van der Waals surface area contributed by atoms with Crippen molar-refractivity contribution in [2.24, 2.45) is 5.14 Å². The van der Waals surface area contributed by atoms with Crippen molar-refractivity contribution in [3.63, 3.8) is 0 Å². The SMILES string of the molecule is NS(=O)(=O)c1c(C=O)ccc(C(F)(F)F)c1C(F)(F)F. The summed E-state index contributed by atoms with van der Waals surface area (Å²) in [6, 6.07) is 0.284. The third-order valence-electron chi connectivity index (χ3n) is 2.19. The summed E-state index contributed by atoms with van der Waals surface area (Å²) in [6.45, 7) is 0. The molecule has 11 heteroatoms.